The summed E-state index contributed by atoms with van der Waals surface area (Å²) in [6.07, 6.45) is 7.40. The number of nitrogens with zero attached hydrogens (tertiary/aromatic N) is 3. The Bertz CT molecular complexity index is 507. The van der Waals surface area contributed by atoms with E-state index >= 15 is 0 Å². The maximum atomic E-state index is 4.40. The van der Waals surface area contributed by atoms with Crippen LogP contribution in [0.5, 0.6) is 0 Å². The first-order valence-electron chi connectivity index (χ1n) is 6.14. The number of aromatic nitrogens is 3. The summed E-state index contributed by atoms with van der Waals surface area (Å²) in [5, 5.41) is 3.40. The number of hydrogen-bond donors (Lipinski definition) is 1. The number of hydrogen-bond acceptors (Lipinski definition) is 4. The molecule has 0 amide bonds. The van der Waals surface area contributed by atoms with Crippen molar-refractivity contribution in [2.24, 2.45) is 0 Å². The van der Waals surface area contributed by atoms with Crippen LogP contribution in [0, 0.1) is 13.8 Å². The molecule has 0 radical (unpaired) electrons. The van der Waals surface area contributed by atoms with Crippen molar-refractivity contribution in [3.05, 3.63) is 53.4 Å². The lowest BCUT2D eigenvalue weighted by atomic mass is 10.1. The Labute approximate surface area is 108 Å². The van der Waals surface area contributed by atoms with Gasteiger partial charge in [0.1, 0.15) is 5.82 Å². The minimum absolute atomic E-state index is 0.00278. The molecular weight excluding hydrogens is 224 g/mol. The maximum absolute atomic E-state index is 4.40. The van der Waals surface area contributed by atoms with Gasteiger partial charge in [-0.3, -0.25) is 4.98 Å². The quantitative estimate of drug-likeness (QED) is 0.893. The number of nitrogens with one attached hydrogen (secondary N) is 1. The molecule has 4 heteroatoms. The van der Waals surface area contributed by atoms with Gasteiger partial charge in [-0.1, -0.05) is 13.0 Å². The SMILES string of the molecule is CCNC(c1cncc(C)c1)c1ncc(C)cn1. The molecule has 2 heterocycles. The average molecular weight is 242 g/mol. The molecule has 0 spiro atoms. The predicted octanol–water partition coefficient (Wildman–Crippen LogP) is 2.19. The predicted molar refractivity (Wildman–Crippen MR) is 71.3 cm³/mol. The highest BCUT2D eigenvalue weighted by Crippen LogP contribution is 2.18. The van der Waals surface area contributed by atoms with Crippen LogP contribution >= 0.6 is 0 Å². The van der Waals surface area contributed by atoms with E-state index in [1.54, 1.807) is 0 Å². The van der Waals surface area contributed by atoms with Crippen LogP contribution in [0.2, 0.25) is 0 Å². The Balaban J connectivity index is 2.36. The molecule has 0 aliphatic rings. The van der Waals surface area contributed by atoms with E-state index in [2.05, 4.69) is 33.3 Å². The van der Waals surface area contributed by atoms with E-state index in [4.69, 9.17) is 0 Å². The average Bonchev–Trinajstić information content (AvgIpc) is 2.37. The van der Waals surface area contributed by atoms with E-state index in [9.17, 15) is 0 Å². The van der Waals surface area contributed by atoms with Crippen LogP contribution in [0.25, 0.3) is 0 Å². The zero-order valence-electron chi connectivity index (χ0n) is 11.0. The van der Waals surface area contributed by atoms with E-state index < -0.39 is 0 Å². The molecule has 1 atom stereocenters. The lowest BCUT2D eigenvalue weighted by Gasteiger charge is -2.17. The van der Waals surface area contributed by atoms with Crippen molar-refractivity contribution in [1.29, 1.82) is 0 Å². The lowest BCUT2D eigenvalue weighted by molar-refractivity contribution is 0.594. The standard InChI is InChI=1S/C14H18N4/c1-4-16-13(12-5-10(2)6-15-9-12)14-17-7-11(3)8-18-14/h5-9,13,16H,4H2,1-3H3. The van der Waals surface area contributed by atoms with Crippen LogP contribution < -0.4 is 5.32 Å². The van der Waals surface area contributed by atoms with Crippen molar-refractivity contribution in [2.45, 2.75) is 26.8 Å². The van der Waals surface area contributed by atoms with Crippen molar-refractivity contribution in [3.63, 3.8) is 0 Å². The second-order valence-electron chi connectivity index (χ2n) is 4.40. The fraction of sp³-hybridized carbons (Fsp3) is 0.357. The van der Waals surface area contributed by atoms with Crippen LogP contribution in [0.15, 0.2) is 30.9 Å². The summed E-state index contributed by atoms with van der Waals surface area (Å²) in [6.45, 7) is 6.95. The molecule has 0 aromatic carbocycles. The minimum Gasteiger partial charge on any atom is -0.304 e. The molecule has 1 N–H and O–H groups in total. The topological polar surface area (TPSA) is 50.7 Å². The Morgan fingerprint density at radius 2 is 1.78 bits per heavy atom. The van der Waals surface area contributed by atoms with Gasteiger partial charge in [0.25, 0.3) is 0 Å². The van der Waals surface area contributed by atoms with Gasteiger partial charge in [0.2, 0.25) is 0 Å². The van der Waals surface area contributed by atoms with Crippen LogP contribution in [0.1, 0.15) is 35.5 Å². The summed E-state index contributed by atoms with van der Waals surface area (Å²) in [5.41, 5.74) is 3.31. The van der Waals surface area contributed by atoms with Crippen LogP contribution in [0.4, 0.5) is 0 Å². The normalized spacial score (nSPS) is 12.4. The second-order valence-corrected chi connectivity index (χ2v) is 4.40. The summed E-state index contributed by atoms with van der Waals surface area (Å²) < 4.78 is 0. The molecule has 18 heavy (non-hydrogen) atoms. The van der Waals surface area contributed by atoms with Gasteiger partial charge >= 0.3 is 0 Å². The van der Waals surface area contributed by atoms with Crippen molar-refractivity contribution in [1.82, 2.24) is 20.3 Å². The zero-order valence-corrected chi connectivity index (χ0v) is 11.0. The summed E-state index contributed by atoms with van der Waals surface area (Å²) in [7, 11) is 0. The summed E-state index contributed by atoms with van der Waals surface area (Å²) >= 11 is 0. The fourth-order valence-corrected chi connectivity index (χ4v) is 1.85. The Kier molecular flexibility index (Phi) is 3.99. The van der Waals surface area contributed by atoms with Crippen molar-refractivity contribution in [2.75, 3.05) is 6.54 Å². The molecule has 2 rings (SSSR count). The molecule has 4 nitrogen and oxygen atoms in total. The maximum Gasteiger partial charge on any atom is 0.149 e. The van der Waals surface area contributed by atoms with E-state index in [0.717, 1.165) is 29.1 Å². The number of rotatable bonds is 4. The monoisotopic (exact) mass is 242 g/mol. The molecule has 0 bridgehead atoms. The first-order valence-corrected chi connectivity index (χ1v) is 6.14. The zero-order chi connectivity index (χ0) is 13.0. The van der Waals surface area contributed by atoms with Gasteiger partial charge in [0, 0.05) is 24.8 Å². The molecule has 94 valence electrons. The molecule has 0 aliphatic heterocycles. The van der Waals surface area contributed by atoms with E-state index in [1.165, 1.54) is 0 Å². The van der Waals surface area contributed by atoms with Crippen molar-refractivity contribution >= 4 is 0 Å². The molecular formula is C14H18N4. The molecule has 1 unspecified atom stereocenters. The van der Waals surface area contributed by atoms with E-state index in [-0.39, 0.29) is 6.04 Å². The summed E-state index contributed by atoms with van der Waals surface area (Å²) in [4.78, 5) is 13.0. The van der Waals surface area contributed by atoms with Gasteiger partial charge in [0.15, 0.2) is 0 Å². The minimum atomic E-state index is 0.00278. The first-order chi connectivity index (χ1) is 8.70. The van der Waals surface area contributed by atoms with Gasteiger partial charge in [-0.25, -0.2) is 9.97 Å². The Morgan fingerprint density at radius 1 is 1.06 bits per heavy atom. The number of pyridine rings is 1. The highest BCUT2D eigenvalue weighted by atomic mass is 15.0. The largest absolute Gasteiger partial charge is 0.304 e. The third-order valence-corrected chi connectivity index (χ3v) is 2.70. The van der Waals surface area contributed by atoms with Crippen LogP contribution in [0.3, 0.4) is 0 Å². The van der Waals surface area contributed by atoms with E-state index in [0.29, 0.717) is 0 Å². The molecule has 0 aliphatic carbocycles. The molecule has 0 saturated carbocycles. The highest BCUT2D eigenvalue weighted by Gasteiger charge is 2.16. The summed E-state index contributed by atoms with van der Waals surface area (Å²) in [5.74, 6) is 0.787. The van der Waals surface area contributed by atoms with Gasteiger partial charge in [-0.2, -0.15) is 0 Å². The first kappa shape index (κ1) is 12.6. The smallest absolute Gasteiger partial charge is 0.149 e. The van der Waals surface area contributed by atoms with Gasteiger partial charge in [-0.05, 0) is 37.1 Å². The van der Waals surface area contributed by atoms with Crippen LogP contribution in [-0.2, 0) is 0 Å². The Hall–Kier alpha value is -1.81. The Morgan fingerprint density at radius 3 is 2.39 bits per heavy atom. The highest BCUT2D eigenvalue weighted by molar-refractivity contribution is 5.25. The van der Waals surface area contributed by atoms with Gasteiger partial charge < -0.3 is 5.32 Å². The van der Waals surface area contributed by atoms with Crippen LogP contribution in [-0.4, -0.2) is 21.5 Å². The van der Waals surface area contributed by atoms with Crippen molar-refractivity contribution in [3.8, 4) is 0 Å². The molecule has 2 aromatic rings. The number of aryl methyl sites for hydroxylation is 2. The molecule has 2 aromatic heterocycles. The third-order valence-electron chi connectivity index (χ3n) is 2.70. The second kappa shape index (κ2) is 5.69. The molecule has 0 saturated heterocycles. The van der Waals surface area contributed by atoms with Crippen molar-refractivity contribution < 1.29 is 0 Å². The molecule has 0 fully saturated rings. The lowest BCUT2D eigenvalue weighted by Crippen LogP contribution is -2.24. The third kappa shape index (κ3) is 2.90. The van der Waals surface area contributed by atoms with Gasteiger partial charge in [0.05, 0.1) is 6.04 Å². The van der Waals surface area contributed by atoms with E-state index in [1.807, 2.05) is 38.6 Å². The summed E-state index contributed by atoms with van der Waals surface area (Å²) in [6, 6.07) is 2.12. The van der Waals surface area contributed by atoms with Gasteiger partial charge in [-0.15, -0.1) is 0 Å². The fourth-order valence-electron chi connectivity index (χ4n) is 1.85.